The predicted molar refractivity (Wildman–Crippen MR) is 74.5 cm³/mol. The van der Waals surface area contributed by atoms with E-state index in [0.717, 1.165) is 19.6 Å². The van der Waals surface area contributed by atoms with E-state index in [1.165, 1.54) is 12.8 Å². The zero-order valence-corrected chi connectivity index (χ0v) is 12.0. The third kappa shape index (κ3) is 6.21. The first-order valence-corrected chi connectivity index (χ1v) is 7.13. The van der Waals surface area contributed by atoms with Gasteiger partial charge in [0.05, 0.1) is 0 Å². The van der Waals surface area contributed by atoms with Crippen LogP contribution in [-0.2, 0) is 4.79 Å². The van der Waals surface area contributed by atoms with Gasteiger partial charge in [-0.2, -0.15) is 0 Å². The molecule has 0 aromatic rings. The molecule has 2 amide bonds. The van der Waals surface area contributed by atoms with E-state index in [1.54, 1.807) is 0 Å². The number of aliphatic hydroxyl groups excluding tert-OH is 1. The van der Waals surface area contributed by atoms with E-state index in [9.17, 15) is 9.59 Å². The van der Waals surface area contributed by atoms with Gasteiger partial charge >= 0.3 is 12.0 Å². The van der Waals surface area contributed by atoms with Crippen molar-refractivity contribution in [2.75, 3.05) is 32.8 Å². The number of carbonyl (C=O) groups excluding carboxylic acids is 1. The van der Waals surface area contributed by atoms with Gasteiger partial charge in [0, 0.05) is 26.1 Å². The Morgan fingerprint density at radius 2 is 1.95 bits per heavy atom. The molecule has 1 saturated heterocycles. The fraction of sp³-hybridized carbons (Fsp3) is 0.846. The average molecular weight is 287 g/mol. The van der Waals surface area contributed by atoms with Crippen molar-refractivity contribution < 1.29 is 19.8 Å². The second-order valence-corrected chi connectivity index (χ2v) is 5.37. The molecular weight excluding hydrogens is 262 g/mol. The van der Waals surface area contributed by atoms with Crippen LogP contribution < -0.4 is 10.6 Å². The molecule has 7 nitrogen and oxygen atoms in total. The number of nitrogens with zero attached hydrogens (tertiary/aromatic N) is 1. The molecule has 7 heteroatoms. The summed E-state index contributed by atoms with van der Waals surface area (Å²) in [7, 11) is 0. The Hall–Kier alpha value is -1.34. The number of amides is 2. The van der Waals surface area contributed by atoms with Crippen LogP contribution in [0.3, 0.4) is 0 Å². The second-order valence-electron chi connectivity index (χ2n) is 5.37. The number of carbonyl (C=O) groups is 2. The number of rotatable bonds is 8. The summed E-state index contributed by atoms with van der Waals surface area (Å²) in [6.07, 6.45) is 2.48. The highest BCUT2D eigenvalue weighted by molar-refractivity contribution is 5.82. The van der Waals surface area contributed by atoms with Gasteiger partial charge in [-0.25, -0.2) is 9.59 Å². The predicted octanol–water partition coefficient (Wildman–Crippen LogP) is -0.147. The molecular formula is C13H25N3O4. The van der Waals surface area contributed by atoms with Gasteiger partial charge in [0.15, 0.2) is 0 Å². The van der Waals surface area contributed by atoms with Crippen molar-refractivity contribution >= 4 is 12.0 Å². The monoisotopic (exact) mass is 287 g/mol. The zero-order chi connectivity index (χ0) is 15.0. The molecule has 116 valence electrons. The van der Waals surface area contributed by atoms with Crippen molar-refractivity contribution in [3.8, 4) is 0 Å². The molecule has 1 rings (SSSR count). The van der Waals surface area contributed by atoms with Gasteiger partial charge in [-0.1, -0.05) is 6.92 Å². The first-order chi connectivity index (χ1) is 9.52. The van der Waals surface area contributed by atoms with Crippen LogP contribution in [0, 0.1) is 5.92 Å². The highest BCUT2D eigenvalue weighted by Gasteiger charge is 2.20. The van der Waals surface area contributed by atoms with Gasteiger partial charge < -0.3 is 25.7 Å². The maximum atomic E-state index is 11.6. The molecule has 0 aromatic heterocycles. The Morgan fingerprint density at radius 3 is 2.50 bits per heavy atom. The third-order valence-electron chi connectivity index (χ3n) is 3.40. The number of likely N-dealkylation sites (tertiary alicyclic amines) is 1. The normalized spacial score (nSPS) is 18.5. The summed E-state index contributed by atoms with van der Waals surface area (Å²) in [5, 5.41) is 22.6. The fourth-order valence-corrected chi connectivity index (χ4v) is 2.33. The highest BCUT2D eigenvalue weighted by Crippen LogP contribution is 2.09. The summed E-state index contributed by atoms with van der Waals surface area (Å²) < 4.78 is 0. The first kappa shape index (κ1) is 16.7. The van der Waals surface area contributed by atoms with Crippen molar-refractivity contribution in [1.82, 2.24) is 15.5 Å². The Labute approximate surface area is 119 Å². The SMILES string of the molecule is CC(CNC(=O)NC(CCO)C(=O)O)CN1CCCC1. The maximum absolute atomic E-state index is 11.6. The lowest BCUT2D eigenvalue weighted by atomic mass is 10.1. The van der Waals surface area contributed by atoms with E-state index in [2.05, 4.69) is 22.5 Å². The number of urea groups is 1. The molecule has 0 saturated carbocycles. The van der Waals surface area contributed by atoms with Crippen LogP contribution >= 0.6 is 0 Å². The van der Waals surface area contributed by atoms with E-state index >= 15 is 0 Å². The Bertz CT molecular complexity index is 319. The molecule has 2 unspecified atom stereocenters. The summed E-state index contributed by atoms with van der Waals surface area (Å²) in [5.41, 5.74) is 0. The van der Waals surface area contributed by atoms with Crippen LogP contribution in [0.5, 0.6) is 0 Å². The third-order valence-corrected chi connectivity index (χ3v) is 3.40. The zero-order valence-electron chi connectivity index (χ0n) is 12.0. The highest BCUT2D eigenvalue weighted by atomic mass is 16.4. The minimum Gasteiger partial charge on any atom is -0.480 e. The van der Waals surface area contributed by atoms with Crippen LogP contribution in [0.4, 0.5) is 4.79 Å². The molecule has 1 aliphatic heterocycles. The molecule has 0 spiro atoms. The molecule has 0 aliphatic carbocycles. The molecule has 0 bridgehead atoms. The van der Waals surface area contributed by atoms with Crippen molar-refractivity contribution in [2.24, 2.45) is 5.92 Å². The van der Waals surface area contributed by atoms with Crippen molar-refractivity contribution in [2.45, 2.75) is 32.2 Å². The average Bonchev–Trinajstić information content (AvgIpc) is 2.88. The summed E-state index contributed by atoms with van der Waals surface area (Å²) in [6.45, 7) is 5.47. The van der Waals surface area contributed by atoms with Gasteiger partial charge in [-0.15, -0.1) is 0 Å². The molecule has 1 aliphatic rings. The maximum Gasteiger partial charge on any atom is 0.326 e. The Morgan fingerprint density at radius 1 is 1.30 bits per heavy atom. The van der Waals surface area contributed by atoms with Gasteiger partial charge in [0.2, 0.25) is 0 Å². The molecule has 1 fully saturated rings. The largest absolute Gasteiger partial charge is 0.480 e. The van der Waals surface area contributed by atoms with Crippen LogP contribution in [-0.4, -0.2) is 65.9 Å². The number of hydrogen-bond donors (Lipinski definition) is 4. The summed E-state index contributed by atoms with van der Waals surface area (Å²) in [5.74, 6) is -0.820. The lowest BCUT2D eigenvalue weighted by Crippen LogP contribution is -2.47. The first-order valence-electron chi connectivity index (χ1n) is 7.13. The quantitative estimate of drug-likeness (QED) is 0.497. The summed E-state index contributed by atoms with van der Waals surface area (Å²) in [6, 6.07) is -1.55. The number of aliphatic hydroxyl groups is 1. The topological polar surface area (TPSA) is 102 Å². The molecule has 4 N–H and O–H groups in total. The molecule has 2 atom stereocenters. The number of carboxylic acids is 1. The standard InChI is InChI=1S/C13H25N3O4/c1-10(9-16-5-2-3-6-16)8-14-13(20)15-11(4-7-17)12(18)19/h10-11,17H,2-9H2,1H3,(H,18,19)(H2,14,15,20). The Balaban J connectivity index is 2.22. The minimum absolute atomic E-state index is 0.00604. The van der Waals surface area contributed by atoms with Gasteiger partial charge in [-0.3, -0.25) is 0 Å². The lowest BCUT2D eigenvalue weighted by Gasteiger charge is -2.21. The van der Waals surface area contributed by atoms with Crippen LogP contribution in [0.1, 0.15) is 26.2 Å². The molecule has 20 heavy (non-hydrogen) atoms. The van der Waals surface area contributed by atoms with Crippen LogP contribution in [0.2, 0.25) is 0 Å². The smallest absolute Gasteiger partial charge is 0.326 e. The van der Waals surface area contributed by atoms with E-state index in [-0.39, 0.29) is 13.0 Å². The molecule has 1 heterocycles. The Kier molecular flexibility index (Phi) is 7.32. The van der Waals surface area contributed by atoms with Gasteiger partial charge in [0.25, 0.3) is 0 Å². The van der Waals surface area contributed by atoms with Crippen LogP contribution in [0.25, 0.3) is 0 Å². The molecule has 0 aromatic carbocycles. The van der Waals surface area contributed by atoms with Crippen molar-refractivity contribution in [1.29, 1.82) is 0 Å². The van der Waals surface area contributed by atoms with E-state index in [0.29, 0.717) is 12.5 Å². The fourth-order valence-electron chi connectivity index (χ4n) is 2.33. The van der Waals surface area contributed by atoms with E-state index in [4.69, 9.17) is 10.2 Å². The summed E-state index contributed by atoms with van der Waals surface area (Å²) >= 11 is 0. The van der Waals surface area contributed by atoms with Crippen molar-refractivity contribution in [3.05, 3.63) is 0 Å². The van der Waals surface area contributed by atoms with E-state index in [1.807, 2.05) is 0 Å². The second kappa shape index (κ2) is 8.76. The van der Waals surface area contributed by atoms with Gasteiger partial charge in [-0.05, 0) is 31.8 Å². The van der Waals surface area contributed by atoms with E-state index < -0.39 is 18.0 Å². The number of nitrogens with one attached hydrogen (secondary N) is 2. The number of carboxylic acid groups (broad SMARTS) is 1. The number of aliphatic carboxylic acids is 1. The molecule has 0 radical (unpaired) electrons. The minimum atomic E-state index is -1.14. The van der Waals surface area contributed by atoms with Gasteiger partial charge in [0.1, 0.15) is 6.04 Å². The van der Waals surface area contributed by atoms with Crippen molar-refractivity contribution in [3.63, 3.8) is 0 Å². The van der Waals surface area contributed by atoms with Crippen LogP contribution in [0.15, 0.2) is 0 Å². The number of hydrogen-bond acceptors (Lipinski definition) is 4. The lowest BCUT2D eigenvalue weighted by molar-refractivity contribution is -0.139. The summed E-state index contributed by atoms with van der Waals surface area (Å²) in [4.78, 5) is 24.8.